The smallest absolute Gasteiger partial charge is 0.159 e. The highest BCUT2D eigenvalue weighted by molar-refractivity contribution is 5.32. The Labute approximate surface area is 147 Å². The lowest BCUT2D eigenvalue weighted by molar-refractivity contribution is 0.127. The predicted molar refractivity (Wildman–Crippen MR) is 92.6 cm³/mol. The van der Waals surface area contributed by atoms with Gasteiger partial charge in [-0.3, -0.25) is 4.90 Å². The van der Waals surface area contributed by atoms with Crippen LogP contribution in [0.15, 0.2) is 42.5 Å². The van der Waals surface area contributed by atoms with Gasteiger partial charge in [0.1, 0.15) is 0 Å². The summed E-state index contributed by atoms with van der Waals surface area (Å²) in [6.45, 7) is 5.13. The van der Waals surface area contributed by atoms with Gasteiger partial charge in [0.25, 0.3) is 0 Å². The van der Waals surface area contributed by atoms with E-state index >= 15 is 0 Å². The summed E-state index contributed by atoms with van der Waals surface area (Å²) in [5.74, 6) is -1.70. The number of benzene rings is 2. The fraction of sp³-hybridized carbons (Fsp3) is 0.350. The van der Waals surface area contributed by atoms with Crippen molar-refractivity contribution in [2.75, 3.05) is 6.54 Å². The summed E-state index contributed by atoms with van der Waals surface area (Å²) in [5.41, 5.74) is 2.01. The molecule has 0 amide bonds. The summed E-state index contributed by atoms with van der Waals surface area (Å²) in [5, 5.41) is 19.2. The standard InChI is InChI=1S/C20H22F2N2O/c1-14(2)24(13-16-5-8-18(21)19(22)11-16)10-9-20(25)17-6-3-15(12-23)4-7-17/h3-8,11,14,20,25H,9-10,13H2,1-2H3. The molecule has 0 aromatic heterocycles. The summed E-state index contributed by atoms with van der Waals surface area (Å²) in [6.07, 6.45) is -0.132. The van der Waals surface area contributed by atoms with Crippen molar-refractivity contribution in [2.24, 2.45) is 0 Å². The van der Waals surface area contributed by atoms with Crippen molar-refractivity contribution in [3.63, 3.8) is 0 Å². The second-order valence-electron chi connectivity index (χ2n) is 6.35. The van der Waals surface area contributed by atoms with Gasteiger partial charge in [0.2, 0.25) is 0 Å². The molecule has 2 rings (SSSR count). The van der Waals surface area contributed by atoms with Gasteiger partial charge in [-0.25, -0.2) is 8.78 Å². The maximum atomic E-state index is 13.4. The first-order valence-corrected chi connectivity index (χ1v) is 8.27. The van der Waals surface area contributed by atoms with Crippen molar-refractivity contribution in [3.05, 3.63) is 70.8 Å². The summed E-state index contributed by atoms with van der Waals surface area (Å²) in [4.78, 5) is 2.10. The molecule has 5 heteroatoms. The first-order chi connectivity index (χ1) is 11.9. The molecule has 2 aromatic carbocycles. The Morgan fingerprint density at radius 2 is 1.76 bits per heavy atom. The molecule has 1 N–H and O–H groups in total. The third-order valence-corrected chi connectivity index (χ3v) is 4.21. The van der Waals surface area contributed by atoms with Gasteiger partial charge in [0.15, 0.2) is 11.6 Å². The molecule has 0 saturated carbocycles. The van der Waals surface area contributed by atoms with Crippen molar-refractivity contribution in [1.82, 2.24) is 4.90 Å². The molecule has 0 heterocycles. The largest absolute Gasteiger partial charge is 0.388 e. The van der Waals surface area contributed by atoms with Gasteiger partial charge in [-0.15, -0.1) is 0 Å². The zero-order valence-electron chi connectivity index (χ0n) is 14.4. The van der Waals surface area contributed by atoms with E-state index in [0.717, 1.165) is 11.6 Å². The van der Waals surface area contributed by atoms with E-state index in [1.165, 1.54) is 6.07 Å². The van der Waals surface area contributed by atoms with E-state index in [1.54, 1.807) is 30.3 Å². The van der Waals surface area contributed by atoms with Gasteiger partial charge >= 0.3 is 0 Å². The topological polar surface area (TPSA) is 47.3 Å². The number of nitriles is 1. The molecule has 0 radical (unpaired) electrons. The third kappa shape index (κ3) is 5.35. The van der Waals surface area contributed by atoms with Crippen molar-refractivity contribution < 1.29 is 13.9 Å². The summed E-state index contributed by atoms with van der Waals surface area (Å²) < 4.78 is 26.4. The van der Waals surface area contributed by atoms with Crippen LogP contribution < -0.4 is 0 Å². The van der Waals surface area contributed by atoms with Crippen molar-refractivity contribution in [1.29, 1.82) is 5.26 Å². The van der Waals surface area contributed by atoms with Crippen LogP contribution in [0, 0.1) is 23.0 Å². The monoisotopic (exact) mass is 344 g/mol. The van der Waals surface area contributed by atoms with Crippen LogP contribution in [0.4, 0.5) is 8.78 Å². The van der Waals surface area contributed by atoms with E-state index in [1.807, 2.05) is 19.9 Å². The molecule has 132 valence electrons. The van der Waals surface area contributed by atoms with Gasteiger partial charge in [-0.1, -0.05) is 18.2 Å². The molecule has 0 spiro atoms. The van der Waals surface area contributed by atoms with Gasteiger partial charge < -0.3 is 5.11 Å². The lowest BCUT2D eigenvalue weighted by atomic mass is 10.0. The minimum absolute atomic E-state index is 0.196. The molecule has 2 aromatic rings. The Balaban J connectivity index is 1.98. The number of halogens is 2. The van der Waals surface area contributed by atoms with E-state index in [9.17, 15) is 13.9 Å². The number of aliphatic hydroxyl groups is 1. The molecule has 0 bridgehead atoms. The second-order valence-corrected chi connectivity index (χ2v) is 6.35. The molecule has 25 heavy (non-hydrogen) atoms. The molecule has 0 aliphatic carbocycles. The number of hydrogen-bond donors (Lipinski definition) is 1. The zero-order chi connectivity index (χ0) is 18.4. The highest BCUT2D eigenvalue weighted by Crippen LogP contribution is 2.19. The fourth-order valence-corrected chi connectivity index (χ4v) is 2.63. The Morgan fingerprint density at radius 1 is 1.08 bits per heavy atom. The zero-order valence-corrected chi connectivity index (χ0v) is 14.4. The molecule has 0 saturated heterocycles. The van der Waals surface area contributed by atoms with Crippen LogP contribution in [0.25, 0.3) is 0 Å². The van der Waals surface area contributed by atoms with E-state index in [2.05, 4.69) is 4.90 Å². The van der Waals surface area contributed by atoms with Gasteiger partial charge in [0, 0.05) is 19.1 Å². The lowest BCUT2D eigenvalue weighted by Crippen LogP contribution is -2.32. The first kappa shape index (κ1) is 19.0. The Kier molecular flexibility index (Phi) is 6.63. The number of aliphatic hydroxyl groups excluding tert-OH is 1. The number of rotatable bonds is 7. The van der Waals surface area contributed by atoms with Gasteiger partial charge in [-0.2, -0.15) is 5.26 Å². The maximum absolute atomic E-state index is 13.4. The first-order valence-electron chi connectivity index (χ1n) is 8.27. The molecular weight excluding hydrogens is 322 g/mol. The van der Waals surface area contributed by atoms with Crippen LogP contribution in [0.3, 0.4) is 0 Å². The van der Waals surface area contributed by atoms with E-state index in [0.29, 0.717) is 30.6 Å². The van der Waals surface area contributed by atoms with E-state index < -0.39 is 17.7 Å². The summed E-state index contributed by atoms with van der Waals surface area (Å²) in [7, 11) is 0. The molecule has 1 atom stereocenters. The minimum atomic E-state index is -0.851. The van der Waals surface area contributed by atoms with E-state index in [4.69, 9.17) is 5.26 Å². The Bertz CT molecular complexity index is 738. The van der Waals surface area contributed by atoms with Gasteiger partial charge in [0.05, 0.1) is 17.7 Å². The molecule has 0 aliphatic heterocycles. The fourth-order valence-electron chi connectivity index (χ4n) is 2.63. The van der Waals surface area contributed by atoms with Crippen LogP contribution in [-0.2, 0) is 6.54 Å². The summed E-state index contributed by atoms with van der Waals surface area (Å²) >= 11 is 0. The van der Waals surface area contributed by atoms with Crippen molar-refractivity contribution in [3.8, 4) is 6.07 Å². The molecular formula is C20H22F2N2O. The van der Waals surface area contributed by atoms with Crippen molar-refractivity contribution in [2.45, 2.75) is 39.0 Å². The lowest BCUT2D eigenvalue weighted by Gasteiger charge is -2.27. The van der Waals surface area contributed by atoms with Crippen molar-refractivity contribution >= 4 is 0 Å². The van der Waals surface area contributed by atoms with Gasteiger partial charge in [-0.05, 0) is 55.7 Å². The molecule has 0 fully saturated rings. The maximum Gasteiger partial charge on any atom is 0.159 e. The normalized spacial score (nSPS) is 12.4. The Hall–Kier alpha value is -2.29. The second kappa shape index (κ2) is 8.70. The van der Waals surface area contributed by atoms with Crippen LogP contribution in [-0.4, -0.2) is 22.6 Å². The number of hydrogen-bond acceptors (Lipinski definition) is 3. The van der Waals surface area contributed by atoms with Crippen LogP contribution >= 0.6 is 0 Å². The van der Waals surface area contributed by atoms with Crippen LogP contribution in [0.1, 0.15) is 43.1 Å². The summed E-state index contributed by atoms with van der Waals surface area (Å²) in [6, 6.07) is 13.0. The SMILES string of the molecule is CC(C)N(CCC(O)c1ccc(C#N)cc1)Cc1ccc(F)c(F)c1. The Morgan fingerprint density at radius 3 is 2.32 bits per heavy atom. The predicted octanol–water partition coefficient (Wildman–Crippen LogP) is 4.17. The third-order valence-electron chi connectivity index (χ3n) is 4.21. The van der Waals surface area contributed by atoms with Crippen LogP contribution in [0.2, 0.25) is 0 Å². The minimum Gasteiger partial charge on any atom is -0.388 e. The van der Waals surface area contributed by atoms with E-state index in [-0.39, 0.29) is 6.04 Å². The highest BCUT2D eigenvalue weighted by atomic mass is 19.2. The number of nitrogens with zero attached hydrogens (tertiary/aromatic N) is 2. The quantitative estimate of drug-likeness (QED) is 0.820. The molecule has 3 nitrogen and oxygen atoms in total. The average molecular weight is 344 g/mol. The van der Waals surface area contributed by atoms with Crippen LogP contribution in [0.5, 0.6) is 0 Å². The highest BCUT2D eigenvalue weighted by Gasteiger charge is 2.15. The molecule has 0 aliphatic rings. The molecule has 1 unspecified atom stereocenters. The average Bonchev–Trinajstić information content (AvgIpc) is 2.61.